The van der Waals surface area contributed by atoms with Gasteiger partial charge in [-0.15, -0.1) is 0 Å². The molecule has 6 nitrogen and oxygen atoms in total. The van der Waals surface area contributed by atoms with Gasteiger partial charge in [-0.05, 0) is 24.3 Å². The van der Waals surface area contributed by atoms with Crippen LogP contribution in [0.1, 0.15) is 22.2 Å². The number of benzene rings is 2. The second-order valence-corrected chi connectivity index (χ2v) is 5.44. The molecular formula is C19H20O6. The summed E-state index contributed by atoms with van der Waals surface area (Å²) < 4.78 is 27.8. The van der Waals surface area contributed by atoms with Crippen LogP contribution in [0.5, 0.6) is 17.2 Å². The van der Waals surface area contributed by atoms with Crippen LogP contribution in [0.15, 0.2) is 30.3 Å². The third-order valence-corrected chi connectivity index (χ3v) is 4.07. The number of carbonyl (C=O) groups excluding carboxylic acids is 1. The van der Waals surface area contributed by atoms with Crippen LogP contribution in [0.25, 0.3) is 11.1 Å². The molecule has 0 unspecified atom stereocenters. The molecule has 0 amide bonds. The highest BCUT2D eigenvalue weighted by Gasteiger charge is 2.27. The Kier molecular flexibility index (Phi) is 5.21. The summed E-state index contributed by atoms with van der Waals surface area (Å²) in [6, 6.07) is 8.84. The molecule has 1 heterocycles. The van der Waals surface area contributed by atoms with Crippen LogP contribution < -0.4 is 14.2 Å². The SMILES string of the molecule is COc1cc(OC)c(-c2cc(C=O)ccc2OC)c(C2OCCO2)c1. The van der Waals surface area contributed by atoms with Crippen molar-refractivity contribution >= 4 is 6.29 Å². The summed E-state index contributed by atoms with van der Waals surface area (Å²) in [6.45, 7) is 1.02. The molecule has 2 aromatic rings. The van der Waals surface area contributed by atoms with Crippen molar-refractivity contribution in [3.63, 3.8) is 0 Å². The molecule has 0 aliphatic carbocycles. The number of hydrogen-bond acceptors (Lipinski definition) is 6. The molecule has 0 aromatic heterocycles. The maximum Gasteiger partial charge on any atom is 0.184 e. The topological polar surface area (TPSA) is 63.2 Å². The van der Waals surface area contributed by atoms with Crippen molar-refractivity contribution in [2.24, 2.45) is 0 Å². The highest BCUT2D eigenvalue weighted by Crippen LogP contribution is 2.45. The Hall–Kier alpha value is -2.57. The molecule has 132 valence electrons. The predicted molar refractivity (Wildman–Crippen MR) is 91.6 cm³/mol. The van der Waals surface area contributed by atoms with E-state index in [9.17, 15) is 4.79 Å². The van der Waals surface area contributed by atoms with Crippen molar-refractivity contribution in [3.8, 4) is 28.4 Å². The van der Waals surface area contributed by atoms with E-state index in [-0.39, 0.29) is 0 Å². The molecule has 1 fully saturated rings. The first kappa shape index (κ1) is 17.3. The molecule has 6 heteroatoms. The lowest BCUT2D eigenvalue weighted by molar-refractivity contribution is -0.0438. The minimum Gasteiger partial charge on any atom is -0.497 e. The molecule has 1 aliphatic heterocycles. The summed E-state index contributed by atoms with van der Waals surface area (Å²) >= 11 is 0. The largest absolute Gasteiger partial charge is 0.497 e. The van der Waals surface area contributed by atoms with Crippen LogP contribution in [0.2, 0.25) is 0 Å². The number of carbonyl (C=O) groups is 1. The van der Waals surface area contributed by atoms with Crippen molar-refractivity contribution in [3.05, 3.63) is 41.5 Å². The lowest BCUT2D eigenvalue weighted by Gasteiger charge is -2.21. The Labute approximate surface area is 146 Å². The van der Waals surface area contributed by atoms with Crippen LogP contribution >= 0.6 is 0 Å². The molecular weight excluding hydrogens is 324 g/mol. The van der Waals surface area contributed by atoms with Crippen molar-refractivity contribution in [2.75, 3.05) is 34.5 Å². The van der Waals surface area contributed by atoms with E-state index in [4.69, 9.17) is 23.7 Å². The fourth-order valence-electron chi connectivity index (χ4n) is 2.90. The molecule has 25 heavy (non-hydrogen) atoms. The monoisotopic (exact) mass is 344 g/mol. The highest BCUT2D eigenvalue weighted by atomic mass is 16.7. The molecule has 1 saturated heterocycles. The van der Waals surface area contributed by atoms with Gasteiger partial charge in [0.1, 0.15) is 23.5 Å². The molecule has 0 spiro atoms. The summed E-state index contributed by atoms with van der Waals surface area (Å²) in [5.74, 6) is 1.82. The summed E-state index contributed by atoms with van der Waals surface area (Å²) in [7, 11) is 4.74. The average Bonchev–Trinajstić information content (AvgIpc) is 3.20. The third-order valence-electron chi connectivity index (χ3n) is 4.07. The molecule has 3 rings (SSSR count). The Balaban J connectivity index is 2.28. The van der Waals surface area contributed by atoms with E-state index in [1.165, 1.54) is 0 Å². The second kappa shape index (κ2) is 7.55. The van der Waals surface area contributed by atoms with E-state index in [1.807, 2.05) is 6.07 Å². The minimum atomic E-state index is -0.538. The molecule has 0 saturated carbocycles. The zero-order valence-electron chi connectivity index (χ0n) is 14.4. The van der Waals surface area contributed by atoms with Gasteiger partial charge in [0.2, 0.25) is 0 Å². The lowest BCUT2D eigenvalue weighted by Crippen LogP contribution is -2.05. The van der Waals surface area contributed by atoms with Crippen molar-refractivity contribution < 1.29 is 28.5 Å². The number of hydrogen-bond donors (Lipinski definition) is 0. The predicted octanol–water partition coefficient (Wildman–Crippen LogP) is 3.24. The quantitative estimate of drug-likeness (QED) is 0.750. The van der Waals surface area contributed by atoms with Crippen LogP contribution in [-0.2, 0) is 9.47 Å². The Morgan fingerprint density at radius 3 is 2.28 bits per heavy atom. The Morgan fingerprint density at radius 1 is 0.960 bits per heavy atom. The highest BCUT2D eigenvalue weighted by molar-refractivity contribution is 5.85. The Bertz CT molecular complexity index is 765. The zero-order chi connectivity index (χ0) is 17.8. The molecule has 1 aliphatic rings. The molecule has 0 N–H and O–H groups in total. The number of rotatable bonds is 6. The van der Waals surface area contributed by atoms with Gasteiger partial charge in [0.05, 0.1) is 34.5 Å². The van der Waals surface area contributed by atoms with Gasteiger partial charge < -0.3 is 23.7 Å². The van der Waals surface area contributed by atoms with E-state index in [0.717, 1.165) is 23.0 Å². The fourth-order valence-corrected chi connectivity index (χ4v) is 2.90. The van der Waals surface area contributed by atoms with Crippen molar-refractivity contribution in [1.82, 2.24) is 0 Å². The third kappa shape index (κ3) is 3.31. The first-order valence-corrected chi connectivity index (χ1v) is 7.84. The average molecular weight is 344 g/mol. The maximum absolute atomic E-state index is 11.2. The van der Waals surface area contributed by atoms with Crippen molar-refractivity contribution in [2.45, 2.75) is 6.29 Å². The van der Waals surface area contributed by atoms with Gasteiger partial charge in [0.25, 0.3) is 0 Å². The Morgan fingerprint density at radius 2 is 1.68 bits per heavy atom. The maximum atomic E-state index is 11.2. The van der Waals surface area contributed by atoms with Crippen LogP contribution in [0, 0.1) is 0 Å². The van der Waals surface area contributed by atoms with E-state index >= 15 is 0 Å². The van der Waals surface area contributed by atoms with Crippen LogP contribution in [-0.4, -0.2) is 40.8 Å². The number of ether oxygens (including phenoxy) is 5. The fraction of sp³-hybridized carbons (Fsp3) is 0.316. The summed E-state index contributed by atoms with van der Waals surface area (Å²) in [4.78, 5) is 11.2. The van der Waals surface area contributed by atoms with E-state index in [0.29, 0.717) is 36.0 Å². The summed E-state index contributed by atoms with van der Waals surface area (Å²) in [5, 5.41) is 0. The van der Waals surface area contributed by atoms with Crippen molar-refractivity contribution in [1.29, 1.82) is 0 Å². The first-order valence-electron chi connectivity index (χ1n) is 7.84. The second-order valence-electron chi connectivity index (χ2n) is 5.44. The number of aldehydes is 1. The molecule has 2 aromatic carbocycles. The van der Waals surface area contributed by atoms with Gasteiger partial charge in [-0.3, -0.25) is 4.79 Å². The van der Waals surface area contributed by atoms with Gasteiger partial charge in [-0.2, -0.15) is 0 Å². The van der Waals surface area contributed by atoms with Crippen LogP contribution in [0.3, 0.4) is 0 Å². The van der Waals surface area contributed by atoms with Gasteiger partial charge in [0, 0.05) is 28.3 Å². The first-order chi connectivity index (χ1) is 12.2. The minimum absolute atomic E-state index is 0.509. The van der Waals surface area contributed by atoms with Gasteiger partial charge in [-0.1, -0.05) is 0 Å². The van der Waals surface area contributed by atoms with Crippen LogP contribution in [0.4, 0.5) is 0 Å². The molecule has 0 radical (unpaired) electrons. The smallest absolute Gasteiger partial charge is 0.184 e. The van der Waals surface area contributed by atoms with Gasteiger partial charge in [-0.25, -0.2) is 0 Å². The van der Waals surface area contributed by atoms with E-state index in [1.54, 1.807) is 45.6 Å². The summed E-state index contributed by atoms with van der Waals surface area (Å²) in [6.07, 6.45) is 0.254. The molecule has 0 bridgehead atoms. The van der Waals surface area contributed by atoms with Gasteiger partial charge in [0.15, 0.2) is 6.29 Å². The molecule has 0 atom stereocenters. The van der Waals surface area contributed by atoms with E-state index < -0.39 is 6.29 Å². The summed E-state index contributed by atoms with van der Waals surface area (Å²) in [5.41, 5.74) is 2.76. The standard InChI is InChI=1S/C19H20O6/c1-21-13-9-15(19-24-6-7-25-19)18(17(10-13)23-3)14-8-12(11-20)4-5-16(14)22-2/h4-5,8-11,19H,6-7H2,1-3H3. The number of methoxy groups -OCH3 is 3. The van der Waals surface area contributed by atoms with Gasteiger partial charge >= 0.3 is 0 Å². The normalized spacial score (nSPS) is 14.4. The lowest BCUT2D eigenvalue weighted by atomic mass is 9.95. The zero-order valence-corrected chi connectivity index (χ0v) is 14.4. The van der Waals surface area contributed by atoms with E-state index in [2.05, 4.69) is 0 Å².